The molecule has 0 amide bonds. The minimum Gasteiger partial charge on any atom is -0.330 e. The molecule has 0 radical (unpaired) electrons. The molecular formula is C8H13BrN4. The summed E-state index contributed by atoms with van der Waals surface area (Å²) in [6.07, 6.45) is 4.46. The Hall–Kier alpha value is -0.420. The van der Waals surface area contributed by atoms with Crippen LogP contribution in [0.1, 0.15) is 31.1 Å². The average molecular weight is 245 g/mol. The lowest BCUT2D eigenvalue weighted by Gasteiger charge is -2.24. The summed E-state index contributed by atoms with van der Waals surface area (Å²) in [5.74, 6) is 1.09. The van der Waals surface area contributed by atoms with E-state index < -0.39 is 0 Å². The van der Waals surface area contributed by atoms with Gasteiger partial charge in [-0.1, -0.05) is 0 Å². The molecule has 0 fully saturated rings. The molecule has 1 aromatic heterocycles. The number of aromatic nitrogens is 3. The van der Waals surface area contributed by atoms with Crippen LogP contribution in [0.25, 0.3) is 0 Å². The second-order valence-electron chi connectivity index (χ2n) is 3.38. The highest BCUT2D eigenvalue weighted by molar-refractivity contribution is 9.10. The van der Waals surface area contributed by atoms with Crippen molar-refractivity contribution in [3.8, 4) is 0 Å². The van der Waals surface area contributed by atoms with Crippen LogP contribution in [0.3, 0.4) is 0 Å². The van der Waals surface area contributed by atoms with Gasteiger partial charge < -0.3 is 10.3 Å². The van der Waals surface area contributed by atoms with Crippen LogP contribution in [-0.4, -0.2) is 21.3 Å². The molecule has 0 saturated heterocycles. The second-order valence-corrected chi connectivity index (χ2v) is 4.09. The summed E-state index contributed by atoms with van der Waals surface area (Å²) in [7, 11) is 0. The molecule has 13 heavy (non-hydrogen) atoms. The smallest absolute Gasteiger partial charge is 0.200 e. The van der Waals surface area contributed by atoms with Crippen LogP contribution in [0.15, 0.2) is 4.73 Å². The number of hydrogen-bond donors (Lipinski definition) is 1. The van der Waals surface area contributed by atoms with Crippen LogP contribution in [0.5, 0.6) is 0 Å². The molecule has 1 aliphatic heterocycles. The van der Waals surface area contributed by atoms with E-state index in [-0.39, 0.29) is 0 Å². The third-order valence-corrected chi connectivity index (χ3v) is 3.07. The van der Waals surface area contributed by atoms with Gasteiger partial charge in [-0.05, 0) is 41.7 Å². The fraction of sp³-hybridized carbons (Fsp3) is 0.750. The fourth-order valence-corrected chi connectivity index (χ4v) is 2.50. The van der Waals surface area contributed by atoms with Gasteiger partial charge in [0.25, 0.3) is 0 Å². The van der Waals surface area contributed by atoms with Gasteiger partial charge in [0.1, 0.15) is 5.82 Å². The summed E-state index contributed by atoms with van der Waals surface area (Å²) < 4.78 is 3.02. The Bertz CT molecular complexity index is 296. The van der Waals surface area contributed by atoms with Crippen molar-refractivity contribution in [1.29, 1.82) is 0 Å². The highest BCUT2D eigenvalue weighted by Gasteiger charge is 2.22. The molecule has 0 aliphatic carbocycles. The highest BCUT2D eigenvalue weighted by atomic mass is 79.9. The molecule has 2 heterocycles. The third kappa shape index (κ3) is 1.62. The SMILES string of the molecule is NCCC1CCCc2nnc(Br)n21. The van der Waals surface area contributed by atoms with Crippen LogP contribution in [0, 0.1) is 0 Å². The molecule has 0 saturated carbocycles. The molecule has 1 aromatic rings. The van der Waals surface area contributed by atoms with Crippen molar-refractivity contribution in [2.24, 2.45) is 5.73 Å². The predicted octanol–water partition coefficient (Wildman–Crippen LogP) is 1.27. The quantitative estimate of drug-likeness (QED) is 0.853. The van der Waals surface area contributed by atoms with Crippen molar-refractivity contribution < 1.29 is 0 Å². The molecule has 1 unspecified atom stereocenters. The Morgan fingerprint density at radius 1 is 1.54 bits per heavy atom. The number of rotatable bonds is 2. The highest BCUT2D eigenvalue weighted by Crippen LogP contribution is 2.29. The maximum atomic E-state index is 5.57. The molecule has 0 aromatic carbocycles. The van der Waals surface area contributed by atoms with E-state index >= 15 is 0 Å². The lowest BCUT2D eigenvalue weighted by molar-refractivity contribution is 0.373. The lowest BCUT2D eigenvalue weighted by Crippen LogP contribution is -2.20. The van der Waals surface area contributed by atoms with Gasteiger partial charge in [-0.3, -0.25) is 0 Å². The zero-order valence-electron chi connectivity index (χ0n) is 7.41. The van der Waals surface area contributed by atoms with E-state index in [1.807, 2.05) is 0 Å². The molecule has 5 heteroatoms. The molecule has 2 rings (SSSR count). The molecular weight excluding hydrogens is 232 g/mol. The van der Waals surface area contributed by atoms with Gasteiger partial charge in [0.2, 0.25) is 0 Å². The van der Waals surface area contributed by atoms with E-state index in [9.17, 15) is 0 Å². The zero-order chi connectivity index (χ0) is 9.26. The lowest BCUT2D eigenvalue weighted by atomic mass is 10.0. The van der Waals surface area contributed by atoms with Crippen molar-refractivity contribution in [2.45, 2.75) is 31.7 Å². The number of halogens is 1. The average Bonchev–Trinajstić information content (AvgIpc) is 2.50. The standard InChI is InChI=1S/C8H13BrN4/c9-8-12-11-7-3-1-2-6(4-5-10)13(7)8/h6H,1-5,10H2. The van der Waals surface area contributed by atoms with Crippen LogP contribution >= 0.6 is 15.9 Å². The van der Waals surface area contributed by atoms with E-state index in [2.05, 4.69) is 30.7 Å². The second kappa shape index (κ2) is 3.75. The summed E-state index contributed by atoms with van der Waals surface area (Å²) in [4.78, 5) is 0. The summed E-state index contributed by atoms with van der Waals surface area (Å²) in [6.45, 7) is 0.731. The van der Waals surface area contributed by atoms with Crippen molar-refractivity contribution >= 4 is 15.9 Å². The molecule has 1 atom stereocenters. The minimum absolute atomic E-state index is 0.498. The van der Waals surface area contributed by atoms with Gasteiger partial charge in [-0.2, -0.15) is 0 Å². The maximum Gasteiger partial charge on any atom is 0.200 e. The number of fused-ring (bicyclic) bond motifs is 1. The largest absolute Gasteiger partial charge is 0.330 e. The van der Waals surface area contributed by atoms with Crippen molar-refractivity contribution in [3.63, 3.8) is 0 Å². The monoisotopic (exact) mass is 244 g/mol. The molecule has 0 bridgehead atoms. The Morgan fingerprint density at radius 2 is 2.38 bits per heavy atom. The number of nitrogens with zero attached hydrogens (tertiary/aromatic N) is 3. The Morgan fingerprint density at radius 3 is 3.15 bits per heavy atom. The summed E-state index contributed by atoms with van der Waals surface area (Å²) in [5.41, 5.74) is 5.57. The van der Waals surface area contributed by atoms with Crippen molar-refractivity contribution in [2.75, 3.05) is 6.54 Å². The fourth-order valence-electron chi connectivity index (χ4n) is 1.92. The topological polar surface area (TPSA) is 56.7 Å². The first kappa shape index (κ1) is 9.15. The molecule has 2 N–H and O–H groups in total. The minimum atomic E-state index is 0.498. The van der Waals surface area contributed by atoms with E-state index in [1.165, 1.54) is 12.8 Å². The molecule has 0 spiro atoms. The van der Waals surface area contributed by atoms with E-state index in [0.29, 0.717) is 6.04 Å². The van der Waals surface area contributed by atoms with Gasteiger partial charge >= 0.3 is 0 Å². The van der Waals surface area contributed by atoms with Gasteiger partial charge in [-0.25, -0.2) is 0 Å². The number of nitrogens with two attached hydrogens (primary N) is 1. The first-order valence-corrected chi connectivity index (χ1v) is 5.41. The Balaban J connectivity index is 2.29. The summed E-state index contributed by atoms with van der Waals surface area (Å²) in [6, 6.07) is 0.498. The van der Waals surface area contributed by atoms with E-state index in [0.717, 1.165) is 29.9 Å². The molecule has 72 valence electrons. The number of aryl methyl sites for hydroxylation is 1. The normalized spacial score (nSPS) is 21.5. The van der Waals surface area contributed by atoms with Gasteiger partial charge in [0.15, 0.2) is 4.73 Å². The van der Waals surface area contributed by atoms with Crippen LogP contribution in [0.4, 0.5) is 0 Å². The molecule has 1 aliphatic rings. The summed E-state index contributed by atoms with van der Waals surface area (Å²) in [5, 5.41) is 8.13. The van der Waals surface area contributed by atoms with Gasteiger partial charge in [0, 0.05) is 12.5 Å². The van der Waals surface area contributed by atoms with Gasteiger partial charge in [-0.15, -0.1) is 10.2 Å². The third-order valence-electron chi connectivity index (χ3n) is 2.53. The number of hydrogen-bond acceptors (Lipinski definition) is 3. The Labute approximate surface area is 85.6 Å². The van der Waals surface area contributed by atoms with Crippen molar-refractivity contribution in [1.82, 2.24) is 14.8 Å². The van der Waals surface area contributed by atoms with Gasteiger partial charge in [0.05, 0.1) is 0 Å². The summed E-state index contributed by atoms with van der Waals surface area (Å²) >= 11 is 3.41. The van der Waals surface area contributed by atoms with Crippen molar-refractivity contribution in [3.05, 3.63) is 10.6 Å². The Kier molecular flexibility index (Phi) is 2.64. The van der Waals surface area contributed by atoms with E-state index in [1.54, 1.807) is 0 Å². The maximum absolute atomic E-state index is 5.57. The first-order chi connectivity index (χ1) is 6.33. The van der Waals surface area contributed by atoms with E-state index in [4.69, 9.17) is 5.73 Å². The molecule has 4 nitrogen and oxygen atoms in total. The van der Waals surface area contributed by atoms with Crippen LogP contribution in [0.2, 0.25) is 0 Å². The first-order valence-electron chi connectivity index (χ1n) is 4.62. The zero-order valence-corrected chi connectivity index (χ0v) is 9.00. The van der Waals surface area contributed by atoms with Crippen LogP contribution in [-0.2, 0) is 6.42 Å². The van der Waals surface area contributed by atoms with Crippen LogP contribution < -0.4 is 5.73 Å². The predicted molar refractivity (Wildman–Crippen MR) is 53.4 cm³/mol.